The zero-order valence-corrected chi connectivity index (χ0v) is 19.2. The van der Waals surface area contributed by atoms with E-state index >= 15 is 0 Å². The molecule has 10 nitrogen and oxygen atoms in total. The first kappa shape index (κ1) is 22.9. The molecule has 2 atom stereocenters. The van der Waals surface area contributed by atoms with Crippen molar-refractivity contribution in [1.82, 2.24) is 30.0 Å². The largest absolute Gasteiger partial charge is 0.495 e. The lowest BCUT2D eigenvalue weighted by molar-refractivity contribution is -0.139. The molecule has 0 radical (unpaired) electrons. The summed E-state index contributed by atoms with van der Waals surface area (Å²) in [5, 5.41) is 20.4. The number of nitrogens with zero attached hydrogens (tertiary/aromatic N) is 7. The van der Waals surface area contributed by atoms with Crippen LogP contribution in [0.2, 0.25) is 0 Å². The van der Waals surface area contributed by atoms with Gasteiger partial charge < -0.3 is 14.4 Å². The number of carbonyl (C=O) groups is 1. The number of halogens is 1. The topological polar surface area (TPSA) is 109 Å². The number of morpholine rings is 1. The number of nitriles is 1. The summed E-state index contributed by atoms with van der Waals surface area (Å²) in [5.74, 6) is -0.336. The SMILES string of the molecule is COc1ccc([C@@H]2CN3CCN(C(=O)Cc4ccc(-n5cnnn5)cc4)C[C@H]3CO2)c(F)c1C#N. The van der Waals surface area contributed by atoms with Gasteiger partial charge in [0.25, 0.3) is 0 Å². The molecule has 11 heteroatoms. The summed E-state index contributed by atoms with van der Waals surface area (Å²) in [6, 6.07) is 12.7. The third-order valence-electron chi connectivity index (χ3n) is 6.56. The van der Waals surface area contributed by atoms with Gasteiger partial charge in [0, 0.05) is 31.7 Å². The summed E-state index contributed by atoms with van der Waals surface area (Å²) >= 11 is 0. The quantitative estimate of drug-likeness (QED) is 0.544. The smallest absolute Gasteiger partial charge is 0.227 e. The molecule has 0 unspecified atom stereocenters. The van der Waals surface area contributed by atoms with Crippen LogP contribution in [0.5, 0.6) is 5.75 Å². The molecule has 5 rings (SSSR count). The van der Waals surface area contributed by atoms with Crippen molar-refractivity contribution in [2.24, 2.45) is 0 Å². The number of ether oxygens (including phenoxy) is 2. The van der Waals surface area contributed by atoms with E-state index in [1.54, 1.807) is 16.8 Å². The average Bonchev–Trinajstić information content (AvgIpc) is 3.43. The molecule has 1 aromatic heterocycles. The molecule has 0 aliphatic carbocycles. The van der Waals surface area contributed by atoms with Gasteiger partial charge >= 0.3 is 0 Å². The highest BCUT2D eigenvalue weighted by molar-refractivity contribution is 5.79. The number of fused-ring (bicyclic) bond motifs is 1. The van der Waals surface area contributed by atoms with Crippen molar-refractivity contribution in [3.8, 4) is 17.5 Å². The van der Waals surface area contributed by atoms with Crippen molar-refractivity contribution in [2.75, 3.05) is 39.9 Å². The van der Waals surface area contributed by atoms with Crippen LogP contribution in [0.3, 0.4) is 0 Å². The lowest BCUT2D eigenvalue weighted by atomic mass is 10.0. The van der Waals surface area contributed by atoms with Crippen LogP contribution in [-0.4, -0.2) is 81.9 Å². The predicted molar refractivity (Wildman–Crippen MR) is 121 cm³/mol. The molecular weight excluding hydrogens is 453 g/mol. The van der Waals surface area contributed by atoms with E-state index in [2.05, 4.69) is 20.4 Å². The summed E-state index contributed by atoms with van der Waals surface area (Å²) in [6.07, 6.45) is 1.34. The molecule has 1 amide bonds. The Labute approximate surface area is 201 Å². The maximum atomic E-state index is 14.9. The number of piperazine rings is 1. The molecule has 3 heterocycles. The number of tetrazole rings is 1. The van der Waals surface area contributed by atoms with Crippen LogP contribution >= 0.6 is 0 Å². The van der Waals surface area contributed by atoms with Crippen LogP contribution in [0.25, 0.3) is 5.69 Å². The molecule has 0 spiro atoms. The Balaban J connectivity index is 1.19. The van der Waals surface area contributed by atoms with Crippen molar-refractivity contribution in [3.63, 3.8) is 0 Å². The van der Waals surface area contributed by atoms with Crippen LogP contribution in [0, 0.1) is 17.1 Å². The van der Waals surface area contributed by atoms with Gasteiger partial charge in [0.1, 0.15) is 23.7 Å². The van der Waals surface area contributed by atoms with Crippen LogP contribution in [0.4, 0.5) is 4.39 Å². The molecule has 2 aliphatic heterocycles. The van der Waals surface area contributed by atoms with E-state index in [9.17, 15) is 14.4 Å². The van der Waals surface area contributed by atoms with Crippen molar-refractivity contribution in [2.45, 2.75) is 18.6 Å². The third kappa shape index (κ3) is 4.58. The third-order valence-corrected chi connectivity index (χ3v) is 6.56. The zero-order chi connectivity index (χ0) is 24.4. The number of aromatic nitrogens is 4. The van der Waals surface area contributed by atoms with Crippen molar-refractivity contribution < 1.29 is 18.7 Å². The standard InChI is InChI=1S/C24H24FN7O3/c1-34-21-7-6-19(24(25)20(21)11-26)22-13-30-8-9-31(12-18(30)14-35-22)23(33)10-16-2-4-17(5-3-16)32-15-27-28-29-32/h2-7,15,18,22H,8-10,12-14H2,1H3/t18-,22-/m0/s1. The normalized spacial score (nSPS) is 20.2. The maximum Gasteiger partial charge on any atom is 0.227 e. The van der Waals surface area contributed by atoms with Crippen LogP contribution < -0.4 is 4.74 Å². The fourth-order valence-corrected chi connectivity index (χ4v) is 4.63. The van der Waals surface area contributed by atoms with Gasteiger partial charge in [-0.2, -0.15) is 5.26 Å². The minimum atomic E-state index is -0.602. The van der Waals surface area contributed by atoms with Crippen molar-refractivity contribution in [3.05, 3.63) is 65.2 Å². The lowest BCUT2D eigenvalue weighted by Crippen LogP contribution is -2.59. The van der Waals surface area contributed by atoms with E-state index in [0.717, 1.165) is 11.3 Å². The number of hydrogen-bond acceptors (Lipinski definition) is 8. The summed E-state index contributed by atoms with van der Waals surface area (Å²) in [6.45, 7) is 2.71. The molecule has 2 fully saturated rings. The number of amides is 1. The number of benzene rings is 2. The highest BCUT2D eigenvalue weighted by atomic mass is 19.1. The van der Waals surface area contributed by atoms with E-state index in [0.29, 0.717) is 44.8 Å². The Hall–Kier alpha value is -3.88. The summed E-state index contributed by atoms with van der Waals surface area (Å²) in [7, 11) is 1.41. The fraction of sp³-hybridized carbons (Fsp3) is 0.375. The van der Waals surface area contributed by atoms with Crippen LogP contribution in [-0.2, 0) is 16.0 Å². The molecule has 2 aliphatic rings. The second-order valence-electron chi connectivity index (χ2n) is 8.57. The molecule has 0 bridgehead atoms. The van der Waals surface area contributed by atoms with Gasteiger partial charge in [0.05, 0.1) is 38.0 Å². The maximum absolute atomic E-state index is 14.9. The Kier molecular flexibility index (Phi) is 6.39. The van der Waals surface area contributed by atoms with E-state index in [4.69, 9.17) is 9.47 Å². The van der Waals surface area contributed by atoms with Gasteiger partial charge in [-0.1, -0.05) is 12.1 Å². The number of rotatable bonds is 5. The number of methoxy groups -OCH3 is 1. The Bertz CT molecular complexity index is 1240. The average molecular weight is 478 g/mol. The molecule has 0 N–H and O–H groups in total. The molecular formula is C24H24FN7O3. The Morgan fingerprint density at radius 2 is 2.06 bits per heavy atom. The van der Waals surface area contributed by atoms with E-state index < -0.39 is 11.9 Å². The molecule has 0 saturated carbocycles. The fourth-order valence-electron chi connectivity index (χ4n) is 4.63. The van der Waals surface area contributed by atoms with Crippen molar-refractivity contribution >= 4 is 5.91 Å². The van der Waals surface area contributed by atoms with E-state index in [1.807, 2.05) is 35.2 Å². The molecule has 2 aromatic carbocycles. The predicted octanol–water partition coefficient (Wildman–Crippen LogP) is 1.51. The summed E-state index contributed by atoms with van der Waals surface area (Å²) < 4.78 is 27.6. The van der Waals surface area contributed by atoms with Gasteiger partial charge in [-0.05, 0) is 40.3 Å². The van der Waals surface area contributed by atoms with Gasteiger partial charge in [-0.3, -0.25) is 9.69 Å². The minimum Gasteiger partial charge on any atom is -0.495 e. The monoisotopic (exact) mass is 477 g/mol. The van der Waals surface area contributed by atoms with E-state index in [1.165, 1.54) is 13.4 Å². The first-order valence-electron chi connectivity index (χ1n) is 11.3. The molecule has 35 heavy (non-hydrogen) atoms. The zero-order valence-electron chi connectivity index (χ0n) is 19.2. The van der Waals surface area contributed by atoms with Gasteiger partial charge in [0.15, 0.2) is 5.82 Å². The number of hydrogen-bond donors (Lipinski definition) is 0. The highest BCUT2D eigenvalue weighted by Crippen LogP contribution is 2.32. The van der Waals surface area contributed by atoms with Gasteiger partial charge in [-0.15, -0.1) is 5.10 Å². The molecule has 3 aromatic rings. The van der Waals surface area contributed by atoms with E-state index in [-0.39, 0.29) is 23.3 Å². The summed E-state index contributed by atoms with van der Waals surface area (Å²) in [5.41, 5.74) is 1.97. The van der Waals surface area contributed by atoms with Gasteiger partial charge in [-0.25, -0.2) is 9.07 Å². The minimum absolute atomic E-state index is 0.0443. The van der Waals surface area contributed by atoms with Crippen LogP contribution in [0.15, 0.2) is 42.7 Å². The highest BCUT2D eigenvalue weighted by Gasteiger charge is 2.36. The number of carbonyl (C=O) groups excluding carboxylic acids is 1. The Morgan fingerprint density at radius 3 is 2.77 bits per heavy atom. The second kappa shape index (κ2) is 9.77. The van der Waals surface area contributed by atoms with Crippen LogP contribution in [0.1, 0.15) is 22.8 Å². The van der Waals surface area contributed by atoms with Crippen molar-refractivity contribution in [1.29, 1.82) is 5.26 Å². The lowest BCUT2D eigenvalue weighted by Gasteiger charge is -2.46. The Morgan fingerprint density at radius 1 is 1.23 bits per heavy atom. The first-order chi connectivity index (χ1) is 17.1. The second-order valence-corrected chi connectivity index (χ2v) is 8.57. The first-order valence-corrected chi connectivity index (χ1v) is 11.3. The van der Waals surface area contributed by atoms with Gasteiger partial charge in [0.2, 0.25) is 5.91 Å². The molecule has 180 valence electrons. The molecule has 2 saturated heterocycles. The summed E-state index contributed by atoms with van der Waals surface area (Å²) in [4.78, 5) is 17.0.